The van der Waals surface area contributed by atoms with Crippen molar-refractivity contribution in [3.8, 4) is 16.9 Å². The van der Waals surface area contributed by atoms with Gasteiger partial charge < -0.3 is 4.74 Å². The normalized spacial score (nSPS) is 16.6. The summed E-state index contributed by atoms with van der Waals surface area (Å²) in [5.74, 6) is -4.39. The van der Waals surface area contributed by atoms with Crippen molar-refractivity contribution in [2.24, 2.45) is 5.10 Å². The van der Waals surface area contributed by atoms with Crippen molar-refractivity contribution in [2.45, 2.75) is 24.6 Å². The maximum absolute atomic E-state index is 14.2. The third-order valence-corrected chi connectivity index (χ3v) is 5.74. The molecule has 9 heteroatoms. The number of rotatable bonds is 5. The zero-order valence-electron chi connectivity index (χ0n) is 17.3. The molecule has 3 aromatic rings. The topological polar surface area (TPSA) is 24.8 Å². The number of hydrogen-bond acceptors (Lipinski definition) is 3. The molecule has 0 aliphatic carbocycles. The molecule has 0 aromatic heterocycles. The van der Waals surface area contributed by atoms with E-state index in [0.29, 0.717) is 11.3 Å². The van der Waals surface area contributed by atoms with Crippen molar-refractivity contribution in [2.75, 3.05) is 12.1 Å². The molecule has 0 fully saturated rings. The van der Waals surface area contributed by atoms with Crippen LogP contribution >= 0.6 is 11.6 Å². The number of hydrogen-bond donors (Lipinski definition) is 0. The van der Waals surface area contributed by atoms with Gasteiger partial charge in [-0.15, -0.1) is 0 Å². The van der Waals surface area contributed by atoms with Gasteiger partial charge in [0.15, 0.2) is 0 Å². The van der Waals surface area contributed by atoms with Crippen molar-refractivity contribution >= 4 is 23.0 Å². The summed E-state index contributed by atoms with van der Waals surface area (Å²) in [6.07, 6.45) is -6.36. The molecular weight excluding hydrogens is 463 g/mol. The highest BCUT2D eigenvalue weighted by Crippen LogP contribution is 2.46. The average Bonchev–Trinajstić information content (AvgIpc) is 3.25. The monoisotopic (exact) mass is 480 g/mol. The molecule has 172 valence electrons. The number of methoxy groups -OCH3 is 1. The maximum atomic E-state index is 14.2. The van der Waals surface area contributed by atoms with Crippen molar-refractivity contribution in [1.29, 1.82) is 0 Å². The second-order valence-electron chi connectivity index (χ2n) is 7.49. The van der Waals surface area contributed by atoms with E-state index in [0.717, 1.165) is 16.1 Å². The highest BCUT2D eigenvalue weighted by atomic mass is 35.5. The minimum absolute atomic E-state index is 0.189. The molecule has 1 aliphatic rings. The van der Waals surface area contributed by atoms with E-state index in [1.54, 1.807) is 49.6 Å². The van der Waals surface area contributed by atoms with Crippen LogP contribution in [0, 0.1) is 0 Å². The smallest absolute Gasteiger partial charge is 0.459 e. The summed E-state index contributed by atoms with van der Waals surface area (Å²) in [5.41, 5.74) is 1.12. The highest BCUT2D eigenvalue weighted by molar-refractivity contribution is 6.33. The average molecular weight is 481 g/mol. The molecule has 1 aliphatic heterocycles. The number of benzene rings is 3. The Morgan fingerprint density at radius 2 is 1.61 bits per heavy atom. The Bertz CT molecular complexity index is 1180. The van der Waals surface area contributed by atoms with Gasteiger partial charge in [-0.1, -0.05) is 54.1 Å². The Hall–Kier alpha value is -3.13. The fourth-order valence-electron chi connectivity index (χ4n) is 3.69. The van der Waals surface area contributed by atoms with E-state index < -0.39 is 30.3 Å². The Labute approximate surface area is 192 Å². The number of anilines is 1. The van der Waals surface area contributed by atoms with Gasteiger partial charge in [0.25, 0.3) is 0 Å². The lowest BCUT2D eigenvalue weighted by Gasteiger charge is -2.25. The number of nitrogens with zero attached hydrogens (tertiary/aromatic N) is 2. The molecule has 0 spiro atoms. The third kappa shape index (κ3) is 4.39. The number of halogens is 6. The molecule has 0 amide bonds. The molecule has 0 saturated heterocycles. The zero-order chi connectivity index (χ0) is 23.8. The first kappa shape index (κ1) is 23.0. The van der Waals surface area contributed by atoms with E-state index in [-0.39, 0.29) is 10.7 Å². The molecule has 3 aromatic carbocycles. The molecule has 0 N–H and O–H groups in total. The van der Waals surface area contributed by atoms with Crippen LogP contribution in [0.15, 0.2) is 77.9 Å². The van der Waals surface area contributed by atoms with Crippen LogP contribution in [0.3, 0.4) is 0 Å². The lowest BCUT2D eigenvalue weighted by molar-refractivity contribution is -0.249. The van der Waals surface area contributed by atoms with Crippen LogP contribution in [0.5, 0.6) is 5.75 Å². The molecular formula is C24H18ClF5N2O. The molecule has 0 saturated carbocycles. The number of ether oxygens (including phenoxy) is 1. The van der Waals surface area contributed by atoms with Gasteiger partial charge in [-0.25, -0.2) is 0 Å². The van der Waals surface area contributed by atoms with Gasteiger partial charge in [0.2, 0.25) is 0 Å². The van der Waals surface area contributed by atoms with Crippen molar-refractivity contribution in [1.82, 2.24) is 0 Å². The van der Waals surface area contributed by atoms with Gasteiger partial charge in [-0.2, -0.15) is 27.1 Å². The van der Waals surface area contributed by atoms with Crippen LogP contribution in [-0.4, -0.2) is 24.9 Å². The first-order valence-corrected chi connectivity index (χ1v) is 10.3. The molecule has 4 rings (SSSR count). The summed E-state index contributed by atoms with van der Waals surface area (Å²) < 4.78 is 72.8. The molecule has 3 nitrogen and oxygen atoms in total. The van der Waals surface area contributed by atoms with E-state index in [9.17, 15) is 22.0 Å². The van der Waals surface area contributed by atoms with Crippen LogP contribution in [0.1, 0.15) is 18.0 Å². The van der Waals surface area contributed by atoms with Crippen molar-refractivity contribution in [3.05, 3.63) is 83.4 Å². The molecule has 1 unspecified atom stereocenters. The largest absolute Gasteiger partial charge is 0.497 e. The summed E-state index contributed by atoms with van der Waals surface area (Å²) in [6, 6.07) is 19.6. The fraction of sp³-hybridized carbons (Fsp3) is 0.208. The third-order valence-electron chi connectivity index (χ3n) is 5.42. The van der Waals surface area contributed by atoms with E-state index in [1.165, 1.54) is 12.1 Å². The van der Waals surface area contributed by atoms with Gasteiger partial charge >= 0.3 is 12.1 Å². The highest BCUT2D eigenvalue weighted by Gasteiger charge is 2.62. The van der Waals surface area contributed by atoms with E-state index >= 15 is 0 Å². The van der Waals surface area contributed by atoms with Gasteiger partial charge in [-0.3, -0.25) is 5.01 Å². The Morgan fingerprint density at radius 3 is 2.24 bits per heavy atom. The summed E-state index contributed by atoms with van der Waals surface area (Å²) >= 11 is 6.23. The molecule has 33 heavy (non-hydrogen) atoms. The van der Waals surface area contributed by atoms with Gasteiger partial charge in [0, 0.05) is 6.42 Å². The van der Waals surface area contributed by atoms with E-state index in [2.05, 4.69) is 5.10 Å². The quantitative estimate of drug-likeness (QED) is 0.353. The number of hydrazone groups is 1. The van der Waals surface area contributed by atoms with Crippen LogP contribution in [0.2, 0.25) is 5.02 Å². The minimum Gasteiger partial charge on any atom is -0.497 e. The summed E-state index contributed by atoms with van der Waals surface area (Å²) in [4.78, 5) is 0. The summed E-state index contributed by atoms with van der Waals surface area (Å²) in [7, 11) is 1.55. The van der Waals surface area contributed by atoms with Gasteiger partial charge in [-0.05, 0) is 47.0 Å². The Balaban J connectivity index is 1.76. The van der Waals surface area contributed by atoms with Crippen LogP contribution in [0.4, 0.5) is 27.6 Å². The number of alkyl halides is 5. The van der Waals surface area contributed by atoms with E-state index in [4.69, 9.17) is 16.3 Å². The Morgan fingerprint density at radius 1 is 0.909 bits per heavy atom. The zero-order valence-corrected chi connectivity index (χ0v) is 18.0. The predicted octanol–water partition coefficient (Wildman–Crippen LogP) is 7.52. The second-order valence-corrected chi connectivity index (χ2v) is 7.90. The predicted molar refractivity (Wildman–Crippen MR) is 118 cm³/mol. The van der Waals surface area contributed by atoms with Crippen LogP contribution in [-0.2, 0) is 0 Å². The van der Waals surface area contributed by atoms with Crippen molar-refractivity contribution in [3.63, 3.8) is 0 Å². The molecule has 0 radical (unpaired) electrons. The van der Waals surface area contributed by atoms with Crippen LogP contribution in [0.25, 0.3) is 11.1 Å². The minimum atomic E-state index is -5.75. The van der Waals surface area contributed by atoms with E-state index in [1.807, 2.05) is 18.2 Å². The molecule has 1 atom stereocenters. The van der Waals surface area contributed by atoms with Crippen LogP contribution < -0.4 is 9.75 Å². The second kappa shape index (κ2) is 8.67. The summed E-state index contributed by atoms with van der Waals surface area (Å²) in [6.45, 7) is 0. The van der Waals surface area contributed by atoms with Gasteiger partial charge in [0.05, 0.1) is 23.9 Å². The summed E-state index contributed by atoms with van der Waals surface area (Å²) in [5, 5.41) is 5.05. The lowest BCUT2D eigenvalue weighted by atomic mass is 9.95. The molecule has 1 heterocycles. The lowest BCUT2D eigenvalue weighted by Crippen LogP contribution is -2.43. The fourth-order valence-corrected chi connectivity index (χ4v) is 3.91. The first-order valence-electron chi connectivity index (χ1n) is 9.92. The van der Waals surface area contributed by atoms with Gasteiger partial charge in [0.1, 0.15) is 11.5 Å². The Kier molecular flexibility index (Phi) is 6.05. The number of para-hydroxylation sites is 1. The maximum Gasteiger partial charge on any atom is 0.459 e. The first-order chi connectivity index (χ1) is 15.6. The van der Waals surface area contributed by atoms with Crippen molar-refractivity contribution < 1.29 is 26.7 Å². The molecule has 0 bridgehead atoms. The standard InChI is InChI=1S/C24H18ClF5N2O/c1-33-18-11-9-15(10-12-18)16-5-4-6-17(13-16)21-14-22(23(26,27)24(28,29)30)31-32(21)20-8-3-2-7-19(20)25/h2-13,21H,14H2,1H3. The SMILES string of the molecule is COc1ccc(-c2cccc(C3CC(C(F)(F)C(F)(F)F)=NN3c3ccccc3Cl)c2)cc1.